The van der Waals surface area contributed by atoms with E-state index in [-0.39, 0.29) is 12.1 Å². The number of rotatable bonds is 4. The van der Waals surface area contributed by atoms with Crippen LogP contribution in [0.25, 0.3) is 10.2 Å². The first-order chi connectivity index (χ1) is 13.9. The van der Waals surface area contributed by atoms with Crippen molar-refractivity contribution in [3.05, 3.63) is 88.2 Å². The Balaban J connectivity index is 1.80. The van der Waals surface area contributed by atoms with Crippen molar-refractivity contribution in [2.24, 2.45) is 0 Å². The smallest absolute Gasteiger partial charge is 0.260 e. The third kappa shape index (κ3) is 3.97. The fourth-order valence-corrected chi connectivity index (χ4v) is 4.34. The molecule has 2 aromatic carbocycles. The van der Waals surface area contributed by atoms with Crippen LogP contribution in [0.3, 0.4) is 0 Å². The van der Waals surface area contributed by atoms with Crippen molar-refractivity contribution in [2.45, 2.75) is 13.5 Å². The molecule has 0 saturated carbocycles. The van der Waals surface area contributed by atoms with Crippen molar-refractivity contribution in [2.75, 3.05) is 4.90 Å². The van der Waals surface area contributed by atoms with Crippen LogP contribution in [0, 0.1) is 18.6 Å². The SMILES string of the molecule is Cc1cc(Cl)cc2sc(N(Cc3ccccn3)C(=O)c3ccc(F)c(F)c3)nc12. The Bertz CT molecular complexity index is 1210. The monoisotopic (exact) mass is 429 g/mol. The van der Waals surface area contributed by atoms with Gasteiger partial charge in [-0.3, -0.25) is 14.7 Å². The average molecular weight is 430 g/mol. The van der Waals surface area contributed by atoms with Crippen LogP contribution in [-0.4, -0.2) is 15.9 Å². The molecule has 0 aliphatic heterocycles. The molecule has 0 saturated heterocycles. The van der Waals surface area contributed by atoms with E-state index in [1.807, 2.05) is 13.0 Å². The summed E-state index contributed by atoms with van der Waals surface area (Å²) < 4.78 is 27.9. The van der Waals surface area contributed by atoms with E-state index in [0.29, 0.717) is 15.8 Å². The van der Waals surface area contributed by atoms with Gasteiger partial charge in [0.25, 0.3) is 5.91 Å². The lowest BCUT2D eigenvalue weighted by atomic mass is 10.2. The number of hydrogen-bond donors (Lipinski definition) is 0. The first-order valence-corrected chi connectivity index (χ1v) is 9.85. The van der Waals surface area contributed by atoms with E-state index in [4.69, 9.17) is 11.6 Å². The number of aryl methyl sites for hydroxylation is 1. The maximum absolute atomic E-state index is 13.7. The van der Waals surface area contributed by atoms with Gasteiger partial charge in [0.1, 0.15) is 0 Å². The molecule has 0 aliphatic rings. The van der Waals surface area contributed by atoms with E-state index in [1.54, 1.807) is 30.5 Å². The van der Waals surface area contributed by atoms with E-state index in [0.717, 1.165) is 27.9 Å². The van der Waals surface area contributed by atoms with Gasteiger partial charge in [-0.1, -0.05) is 29.0 Å². The molecule has 0 aliphatic carbocycles. The maximum atomic E-state index is 13.7. The zero-order valence-electron chi connectivity index (χ0n) is 15.2. The maximum Gasteiger partial charge on any atom is 0.260 e. The van der Waals surface area contributed by atoms with Gasteiger partial charge in [-0.15, -0.1) is 0 Å². The highest BCUT2D eigenvalue weighted by atomic mass is 35.5. The molecule has 1 amide bonds. The summed E-state index contributed by atoms with van der Waals surface area (Å²) in [6.07, 6.45) is 1.62. The fraction of sp³-hybridized carbons (Fsp3) is 0.0952. The Morgan fingerprint density at radius 1 is 1.14 bits per heavy atom. The summed E-state index contributed by atoms with van der Waals surface area (Å²) in [4.78, 5) is 23.5. The molecule has 0 N–H and O–H groups in total. The van der Waals surface area contributed by atoms with Gasteiger partial charge in [-0.2, -0.15) is 0 Å². The number of hydrogen-bond acceptors (Lipinski definition) is 4. The van der Waals surface area contributed by atoms with Gasteiger partial charge < -0.3 is 0 Å². The number of amides is 1. The van der Waals surface area contributed by atoms with Gasteiger partial charge in [-0.25, -0.2) is 13.8 Å². The lowest BCUT2D eigenvalue weighted by Crippen LogP contribution is -2.30. The predicted octanol–water partition coefficient (Wildman–Crippen LogP) is 5.78. The van der Waals surface area contributed by atoms with Crippen molar-refractivity contribution in [3.8, 4) is 0 Å². The minimum absolute atomic E-state index is 0.0221. The second-order valence-corrected chi connectivity index (χ2v) is 7.85. The highest BCUT2D eigenvalue weighted by Crippen LogP contribution is 2.34. The van der Waals surface area contributed by atoms with Gasteiger partial charge in [0, 0.05) is 16.8 Å². The number of halogens is 3. The second-order valence-electron chi connectivity index (χ2n) is 6.41. The molecule has 146 valence electrons. The number of aromatic nitrogens is 2. The zero-order valence-corrected chi connectivity index (χ0v) is 16.8. The zero-order chi connectivity index (χ0) is 20.5. The molecule has 29 heavy (non-hydrogen) atoms. The molecule has 0 unspecified atom stereocenters. The van der Waals surface area contributed by atoms with Gasteiger partial charge in [-0.05, 0) is 55.0 Å². The summed E-state index contributed by atoms with van der Waals surface area (Å²) >= 11 is 7.44. The summed E-state index contributed by atoms with van der Waals surface area (Å²) in [7, 11) is 0. The second kappa shape index (κ2) is 7.85. The summed E-state index contributed by atoms with van der Waals surface area (Å²) in [6.45, 7) is 2.02. The van der Waals surface area contributed by atoms with Crippen molar-refractivity contribution >= 4 is 44.2 Å². The van der Waals surface area contributed by atoms with E-state index in [1.165, 1.54) is 22.3 Å². The number of thiazole rings is 1. The van der Waals surface area contributed by atoms with Crippen LogP contribution in [-0.2, 0) is 6.54 Å². The number of fused-ring (bicyclic) bond motifs is 1. The summed E-state index contributed by atoms with van der Waals surface area (Å²) in [5.74, 6) is -2.60. The van der Waals surface area contributed by atoms with E-state index in [2.05, 4.69) is 9.97 Å². The molecule has 0 radical (unpaired) electrons. The third-order valence-corrected chi connectivity index (χ3v) is 5.57. The summed E-state index contributed by atoms with van der Waals surface area (Å²) in [5, 5.41) is 0.999. The number of nitrogens with zero attached hydrogens (tertiary/aromatic N) is 3. The average Bonchev–Trinajstić information content (AvgIpc) is 3.12. The van der Waals surface area contributed by atoms with Crippen molar-refractivity contribution in [1.82, 2.24) is 9.97 Å². The van der Waals surface area contributed by atoms with Crippen LogP contribution >= 0.6 is 22.9 Å². The highest BCUT2D eigenvalue weighted by molar-refractivity contribution is 7.22. The van der Waals surface area contributed by atoms with Gasteiger partial charge in [0.05, 0.1) is 22.5 Å². The van der Waals surface area contributed by atoms with Crippen LogP contribution in [0.4, 0.5) is 13.9 Å². The topological polar surface area (TPSA) is 46.1 Å². The Kier molecular flexibility index (Phi) is 5.25. The quantitative estimate of drug-likeness (QED) is 0.413. The summed E-state index contributed by atoms with van der Waals surface area (Å²) in [6, 6.07) is 12.0. The molecule has 0 fully saturated rings. The number of benzene rings is 2. The van der Waals surface area contributed by atoms with Crippen molar-refractivity contribution < 1.29 is 13.6 Å². The number of anilines is 1. The molecule has 2 heterocycles. The third-order valence-electron chi connectivity index (χ3n) is 4.33. The van der Waals surface area contributed by atoms with E-state index >= 15 is 0 Å². The van der Waals surface area contributed by atoms with Crippen LogP contribution in [0.5, 0.6) is 0 Å². The van der Waals surface area contributed by atoms with Crippen LogP contribution in [0.1, 0.15) is 21.6 Å². The molecular weight excluding hydrogens is 416 g/mol. The Morgan fingerprint density at radius 2 is 1.97 bits per heavy atom. The summed E-state index contributed by atoms with van der Waals surface area (Å²) in [5.41, 5.74) is 2.28. The predicted molar refractivity (Wildman–Crippen MR) is 110 cm³/mol. The molecule has 0 spiro atoms. The Hall–Kier alpha value is -2.90. The fourth-order valence-electron chi connectivity index (χ4n) is 2.92. The standard InChI is InChI=1S/C21H14ClF2N3OS/c1-12-8-14(22)10-18-19(12)26-21(29-18)27(11-15-4-2-3-7-25-15)20(28)13-5-6-16(23)17(24)9-13/h2-10H,11H2,1H3. The largest absolute Gasteiger partial charge is 0.278 e. The molecule has 8 heteroatoms. The van der Waals surface area contributed by atoms with Crippen LogP contribution in [0.15, 0.2) is 54.7 Å². The Morgan fingerprint density at radius 3 is 2.69 bits per heavy atom. The minimum Gasteiger partial charge on any atom is -0.278 e. The highest BCUT2D eigenvalue weighted by Gasteiger charge is 2.23. The normalized spacial score (nSPS) is 11.0. The van der Waals surface area contributed by atoms with Crippen LogP contribution in [0.2, 0.25) is 5.02 Å². The molecule has 0 atom stereocenters. The minimum atomic E-state index is -1.08. The lowest BCUT2D eigenvalue weighted by molar-refractivity contribution is 0.0984. The Labute approximate surface area is 174 Å². The first kappa shape index (κ1) is 19.4. The molecule has 2 aromatic heterocycles. The van der Waals surface area contributed by atoms with E-state index < -0.39 is 17.5 Å². The van der Waals surface area contributed by atoms with E-state index in [9.17, 15) is 13.6 Å². The molecule has 4 aromatic rings. The molecule has 0 bridgehead atoms. The van der Waals surface area contributed by atoms with Crippen molar-refractivity contribution in [3.63, 3.8) is 0 Å². The number of carbonyl (C=O) groups excluding carboxylic acids is 1. The number of carbonyl (C=O) groups is 1. The van der Waals surface area contributed by atoms with Gasteiger partial charge >= 0.3 is 0 Å². The molecule has 4 rings (SSSR count). The van der Waals surface area contributed by atoms with Gasteiger partial charge in [0.15, 0.2) is 16.8 Å². The van der Waals surface area contributed by atoms with Crippen LogP contribution < -0.4 is 4.90 Å². The first-order valence-electron chi connectivity index (χ1n) is 8.66. The van der Waals surface area contributed by atoms with Gasteiger partial charge in [0.2, 0.25) is 0 Å². The lowest BCUT2D eigenvalue weighted by Gasteiger charge is -2.19. The number of pyridine rings is 1. The van der Waals surface area contributed by atoms with Crippen molar-refractivity contribution in [1.29, 1.82) is 0 Å². The molecule has 4 nitrogen and oxygen atoms in total. The molecular formula is C21H14ClF2N3OS.